The number of imidazole rings is 1. The smallest absolute Gasteiger partial charge is 0.240 e. The van der Waals surface area contributed by atoms with Crippen molar-refractivity contribution >= 4 is 16.9 Å². The number of fused-ring (bicyclic) bond motifs is 1. The number of carbonyl (C=O) groups is 1. The lowest BCUT2D eigenvalue weighted by Crippen LogP contribution is -2.31. The molecule has 148 valence electrons. The first-order valence-electron chi connectivity index (χ1n) is 9.06. The molecule has 0 spiro atoms. The van der Waals surface area contributed by atoms with Gasteiger partial charge in [0, 0.05) is 5.54 Å². The van der Waals surface area contributed by atoms with Gasteiger partial charge in [-0.2, -0.15) is 0 Å². The highest BCUT2D eigenvalue weighted by molar-refractivity contribution is 5.81. The van der Waals surface area contributed by atoms with Crippen LogP contribution in [0.4, 0.5) is 8.78 Å². The van der Waals surface area contributed by atoms with Gasteiger partial charge in [-0.1, -0.05) is 18.2 Å². The number of carbonyl (C=O) groups excluding carboxylic acids is 1. The Bertz CT molecular complexity index is 1040. The predicted molar refractivity (Wildman–Crippen MR) is 105 cm³/mol. The molecule has 3 aromatic rings. The Kier molecular flexibility index (Phi) is 5.21. The largest absolute Gasteiger partial charge is 0.348 e. The minimum absolute atomic E-state index is 0.0199. The molecule has 7 heteroatoms. The van der Waals surface area contributed by atoms with Crippen molar-refractivity contribution in [1.82, 2.24) is 14.9 Å². The Morgan fingerprint density at radius 2 is 2.00 bits per heavy atom. The number of aromatic nitrogens is 2. The maximum Gasteiger partial charge on any atom is 0.240 e. The first kappa shape index (κ1) is 19.9. The zero-order valence-corrected chi connectivity index (χ0v) is 16.4. The van der Waals surface area contributed by atoms with Crippen molar-refractivity contribution in [2.75, 3.05) is 0 Å². The second kappa shape index (κ2) is 7.31. The molecule has 1 aromatic heterocycles. The molecule has 1 unspecified atom stereocenters. The van der Waals surface area contributed by atoms with E-state index >= 15 is 0 Å². The van der Waals surface area contributed by atoms with Crippen molar-refractivity contribution < 1.29 is 13.6 Å². The molecule has 3 N–H and O–H groups in total. The van der Waals surface area contributed by atoms with Crippen LogP contribution in [0.25, 0.3) is 11.0 Å². The van der Waals surface area contributed by atoms with Crippen molar-refractivity contribution in [1.29, 1.82) is 0 Å². The van der Waals surface area contributed by atoms with Gasteiger partial charge in [0.05, 0.1) is 17.9 Å². The van der Waals surface area contributed by atoms with Gasteiger partial charge in [0.15, 0.2) is 11.6 Å². The summed E-state index contributed by atoms with van der Waals surface area (Å²) < 4.78 is 28.9. The third-order valence-corrected chi connectivity index (χ3v) is 4.84. The summed E-state index contributed by atoms with van der Waals surface area (Å²) in [4.78, 5) is 16.5. The number of aryl methyl sites for hydroxylation is 1. The molecular formula is C21H24F2N4O. The molecule has 0 aliphatic carbocycles. The summed E-state index contributed by atoms with van der Waals surface area (Å²) >= 11 is 0. The summed E-state index contributed by atoms with van der Waals surface area (Å²) in [5.41, 5.74) is 8.97. The van der Waals surface area contributed by atoms with Crippen LogP contribution >= 0.6 is 0 Å². The molecule has 0 radical (unpaired) electrons. The van der Waals surface area contributed by atoms with Gasteiger partial charge in [-0.25, -0.2) is 13.8 Å². The van der Waals surface area contributed by atoms with Crippen LogP contribution in [0.3, 0.4) is 0 Å². The first-order valence-corrected chi connectivity index (χ1v) is 9.06. The molecule has 5 nitrogen and oxygen atoms in total. The van der Waals surface area contributed by atoms with Crippen LogP contribution in [0.15, 0.2) is 36.7 Å². The number of nitrogens with two attached hydrogens (primary N) is 1. The maximum atomic E-state index is 14.1. The average molecular weight is 386 g/mol. The lowest BCUT2D eigenvalue weighted by Gasteiger charge is -2.23. The molecule has 0 saturated carbocycles. The van der Waals surface area contributed by atoms with E-state index in [4.69, 9.17) is 5.73 Å². The van der Waals surface area contributed by atoms with Crippen LogP contribution in [0.1, 0.15) is 43.5 Å². The molecule has 0 bridgehead atoms. The molecule has 1 heterocycles. The number of hydrogen-bond donors (Lipinski definition) is 2. The monoisotopic (exact) mass is 386 g/mol. The Morgan fingerprint density at radius 3 is 2.64 bits per heavy atom. The molecule has 1 atom stereocenters. The van der Waals surface area contributed by atoms with E-state index in [9.17, 15) is 13.6 Å². The maximum absolute atomic E-state index is 14.1. The number of nitrogens with zero attached hydrogens (tertiary/aromatic N) is 2. The SMILES string of the molecule is Cc1cc(C(C)(C)N)ccc1C(C)NC(=O)Cn1cnc2ccc(F)c(F)c21. The second-order valence-electron chi connectivity index (χ2n) is 7.68. The van der Waals surface area contributed by atoms with Crippen molar-refractivity contribution in [2.45, 2.75) is 45.8 Å². The quantitative estimate of drug-likeness (QED) is 0.702. The third kappa shape index (κ3) is 3.89. The second-order valence-corrected chi connectivity index (χ2v) is 7.68. The standard InChI is InChI=1S/C21H24F2N4O/c1-12-9-14(21(3,4)24)5-6-15(12)13(2)26-18(28)10-27-11-25-17-8-7-16(22)19(23)20(17)27/h5-9,11,13H,10,24H2,1-4H3,(H,26,28). The third-order valence-electron chi connectivity index (χ3n) is 4.84. The normalized spacial score (nSPS) is 13.0. The molecule has 1 amide bonds. The number of hydrogen-bond acceptors (Lipinski definition) is 3. The summed E-state index contributed by atoms with van der Waals surface area (Å²) in [7, 11) is 0. The van der Waals surface area contributed by atoms with E-state index < -0.39 is 17.2 Å². The van der Waals surface area contributed by atoms with Crippen LogP contribution in [0.2, 0.25) is 0 Å². The van der Waals surface area contributed by atoms with Gasteiger partial charge in [-0.05, 0) is 56.5 Å². The van der Waals surface area contributed by atoms with Crippen molar-refractivity contribution in [3.05, 3.63) is 65.0 Å². The van der Waals surface area contributed by atoms with Crippen LogP contribution in [-0.2, 0) is 16.9 Å². The molecule has 28 heavy (non-hydrogen) atoms. The fraction of sp³-hybridized carbons (Fsp3) is 0.333. The van der Waals surface area contributed by atoms with E-state index in [-0.39, 0.29) is 24.0 Å². The van der Waals surface area contributed by atoms with Crippen LogP contribution in [0.5, 0.6) is 0 Å². The fourth-order valence-electron chi connectivity index (χ4n) is 3.30. The van der Waals surface area contributed by atoms with Gasteiger partial charge in [-0.15, -0.1) is 0 Å². The van der Waals surface area contributed by atoms with Gasteiger partial charge in [0.25, 0.3) is 0 Å². The summed E-state index contributed by atoms with van der Waals surface area (Å²) in [6.07, 6.45) is 1.33. The predicted octanol–water partition coefficient (Wildman–Crippen LogP) is 3.69. The van der Waals surface area contributed by atoms with Crippen molar-refractivity contribution in [3.8, 4) is 0 Å². The Labute approximate surface area is 162 Å². The van der Waals surface area contributed by atoms with Gasteiger partial charge in [0.2, 0.25) is 5.91 Å². The molecule has 0 aliphatic heterocycles. The van der Waals surface area contributed by atoms with E-state index in [1.807, 2.05) is 45.9 Å². The summed E-state index contributed by atoms with van der Waals surface area (Å²) in [6.45, 7) is 7.55. The Balaban J connectivity index is 1.76. The van der Waals surface area contributed by atoms with Gasteiger partial charge < -0.3 is 15.6 Å². The summed E-state index contributed by atoms with van der Waals surface area (Å²) in [5.74, 6) is -2.30. The minimum atomic E-state index is -1.01. The highest BCUT2D eigenvalue weighted by atomic mass is 19.2. The van der Waals surface area contributed by atoms with E-state index in [0.29, 0.717) is 5.52 Å². The van der Waals surface area contributed by atoms with Gasteiger partial charge in [-0.3, -0.25) is 4.79 Å². The molecule has 0 saturated heterocycles. The molecular weight excluding hydrogens is 362 g/mol. The highest BCUT2D eigenvalue weighted by Gasteiger charge is 2.19. The van der Waals surface area contributed by atoms with Crippen LogP contribution < -0.4 is 11.1 Å². The van der Waals surface area contributed by atoms with Crippen LogP contribution in [-0.4, -0.2) is 15.5 Å². The van der Waals surface area contributed by atoms with E-state index in [0.717, 1.165) is 22.8 Å². The zero-order valence-electron chi connectivity index (χ0n) is 16.4. The van der Waals surface area contributed by atoms with Crippen molar-refractivity contribution in [2.24, 2.45) is 5.73 Å². The topological polar surface area (TPSA) is 72.9 Å². The molecule has 0 aliphatic rings. The van der Waals surface area contributed by atoms with Gasteiger partial charge in [0.1, 0.15) is 12.1 Å². The number of nitrogens with one attached hydrogen (secondary N) is 1. The number of benzene rings is 2. The lowest BCUT2D eigenvalue weighted by molar-refractivity contribution is -0.122. The Hall–Kier alpha value is -2.80. The van der Waals surface area contributed by atoms with Crippen molar-refractivity contribution in [3.63, 3.8) is 0 Å². The fourth-order valence-corrected chi connectivity index (χ4v) is 3.30. The number of halogens is 2. The number of rotatable bonds is 5. The number of amides is 1. The Morgan fingerprint density at radius 1 is 1.29 bits per heavy atom. The summed E-state index contributed by atoms with van der Waals surface area (Å²) in [5, 5.41) is 2.90. The van der Waals surface area contributed by atoms with E-state index in [1.54, 1.807) is 0 Å². The molecule has 3 rings (SSSR count). The minimum Gasteiger partial charge on any atom is -0.348 e. The van der Waals surface area contributed by atoms with Crippen LogP contribution in [0, 0.1) is 18.6 Å². The zero-order chi connectivity index (χ0) is 20.6. The lowest BCUT2D eigenvalue weighted by atomic mass is 9.91. The summed E-state index contributed by atoms with van der Waals surface area (Å²) in [6, 6.07) is 8.07. The molecule has 2 aromatic carbocycles. The average Bonchev–Trinajstić information content (AvgIpc) is 3.00. The van der Waals surface area contributed by atoms with E-state index in [1.165, 1.54) is 17.0 Å². The van der Waals surface area contributed by atoms with Gasteiger partial charge >= 0.3 is 0 Å². The highest BCUT2D eigenvalue weighted by Crippen LogP contribution is 2.24. The molecule has 0 fully saturated rings. The first-order chi connectivity index (χ1) is 13.1. The van der Waals surface area contributed by atoms with E-state index in [2.05, 4.69) is 10.3 Å².